The molecule has 0 aromatic heterocycles. The number of benzene rings is 2. The summed E-state index contributed by atoms with van der Waals surface area (Å²) in [5.41, 5.74) is 0.865. The van der Waals surface area contributed by atoms with Gasteiger partial charge in [-0.1, -0.05) is 66.2 Å². The molecular formula is C24H27Cl3N2O3. The smallest absolute Gasteiger partial charge is 0.261 e. The van der Waals surface area contributed by atoms with E-state index >= 15 is 0 Å². The quantitative estimate of drug-likeness (QED) is 0.494. The first-order valence-electron chi connectivity index (χ1n) is 10.8. The maximum Gasteiger partial charge on any atom is 0.261 e. The minimum absolute atomic E-state index is 0.162. The van der Waals surface area contributed by atoms with Crippen LogP contribution in [0.1, 0.15) is 44.6 Å². The Bertz CT molecular complexity index is 931. The Morgan fingerprint density at radius 2 is 1.69 bits per heavy atom. The van der Waals surface area contributed by atoms with Crippen LogP contribution in [0, 0.1) is 0 Å². The Morgan fingerprint density at radius 3 is 2.34 bits per heavy atom. The molecule has 0 spiro atoms. The SMILES string of the molecule is C[C@H](C(=O)NC1CCCCC1)N(Cc1ccc(Cl)cc1)C(=O)COc1ccc(Cl)cc1Cl. The maximum absolute atomic E-state index is 13.1. The first kappa shape index (κ1) is 24.7. The number of amides is 2. The normalized spacial score (nSPS) is 15.1. The summed E-state index contributed by atoms with van der Waals surface area (Å²) in [7, 11) is 0. The van der Waals surface area contributed by atoms with Gasteiger partial charge in [-0.05, 0) is 55.7 Å². The van der Waals surface area contributed by atoms with Crippen molar-refractivity contribution in [2.75, 3.05) is 6.61 Å². The van der Waals surface area contributed by atoms with Crippen molar-refractivity contribution in [2.45, 2.75) is 57.7 Å². The zero-order valence-electron chi connectivity index (χ0n) is 18.0. The topological polar surface area (TPSA) is 58.6 Å². The van der Waals surface area contributed by atoms with E-state index in [1.807, 2.05) is 12.1 Å². The lowest BCUT2D eigenvalue weighted by atomic mass is 9.95. The molecule has 8 heteroatoms. The highest BCUT2D eigenvalue weighted by molar-refractivity contribution is 6.35. The second-order valence-corrected chi connectivity index (χ2v) is 9.31. The van der Waals surface area contributed by atoms with Crippen LogP contribution in [-0.4, -0.2) is 35.4 Å². The third kappa shape index (κ3) is 7.03. The van der Waals surface area contributed by atoms with E-state index in [9.17, 15) is 9.59 Å². The summed E-state index contributed by atoms with van der Waals surface area (Å²) in [4.78, 5) is 27.6. The fraction of sp³-hybridized carbons (Fsp3) is 0.417. The molecular weight excluding hydrogens is 471 g/mol. The highest BCUT2D eigenvalue weighted by Gasteiger charge is 2.28. The number of carbonyl (C=O) groups is 2. The van der Waals surface area contributed by atoms with E-state index in [1.54, 1.807) is 37.3 Å². The van der Waals surface area contributed by atoms with Crippen LogP contribution in [0.5, 0.6) is 5.75 Å². The fourth-order valence-corrected chi connectivity index (χ4v) is 4.34. The standard InChI is InChI=1S/C24H27Cl3N2O3/c1-16(24(31)28-20-5-3-2-4-6-20)29(14-17-7-9-18(25)10-8-17)23(30)15-32-22-12-11-19(26)13-21(22)27/h7-13,16,20H,2-6,14-15H2,1H3,(H,28,31)/t16-/m1/s1. The fourth-order valence-electron chi connectivity index (χ4n) is 3.75. The van der Waals surface area contributed by atoms with Gasteiger partial charge in [0.2, 0.25) is 5.91 Å². The summed E-state index contributed by atoms with van der Waals surface area (Å²) >= 11 is 18.1. The van der Waals surface area contributed by atoms with Gasteiger partial charge < -0.3 is 15.0 Å². The summed E-state index contributed by atoms with van der Waals surface area (Å²) in [5.74, 6) is -0.129. The lowest BCUT2D eigenvalue weighted by molar-refractivity contribution is -0.142. The molecule has 0 heterocycles. The molecule has 0 aliphatic heterocycles. The van der Waals surface area contributed by atoms with Gasteiger partial charge in [-0.3, -0.25) is 9.59 Å². The molecule has 0 saturated heterocycles. The third-order valence-corrected chi connectivity index (χ3v) is 6.41. The van der Waals surface area contributed by atoms with Gasteiger partial charge in [0.1, 0.15) is 11.8 Å². The minimum atomic E-state index is -0.663. The molecule has 0 unspecified atom stereocenters. The number of carbonyl (C=O) groups excluding carboxylic acids is 2. The molecule has 1 fully saturated rings. The first-order valence-corrected chi connectivity index (χ1v) is 11.9. The summed E-state index contributed by atoms with van der Waals surface area (Å²) in [6.07, 6.45) is 5.38. The molecule has 1 aliphatic carbocycles. The van der Waals surface area contributed by atoms with Crippen molar-refractivity contribution < 1.29 is 14.3 Å². The molecule has 3 rings (SSSR count). The summed E-state index contributed by atoms with van der Waals surface area (Å²) in [5, 5.41) is 4.51. The predicted octanol–water partition coefficient (Wildman–Crippen LogP) is 5.89. The van der Waals surface area contributed by atoms with Crippen molar-refractivity contribution in [2.24, 2.45) is 0 Å². The molecule has 32 heavy (non-hydrogen) atoms. The first-order chi connectivity index (χ1) is 15.3. The molecule has 1 atom stereocenters. The number of halogens is 3. The Labute approximate surface area is 204 Å². The van der Waals surface area contributed by atoms with E-state index in [0.717, 1.165) is 31.2 Å². The van der Waals surface area contributed by atoms with Crippen LogP contribution in [0.15, 0.2) is 42.5 Å². The van der Waals surface area contributed by atoms with Crippen molar-refractivity contribution >= 4 is 46.6 Å². The number of ether oxygens (including phenoxy) is 1. The highest BCUT2D eigenvalue weighted by Crippen LogP contribution is 2.27. The second-order valence-electron chi connectivity index (χ2n) is 8.03. The monoisotopic (exact) mass is 496 g/mol. The predicted molar refractivity (Wildman–Crippen MR) is 128 cm³/mol. The van der Waals surface area contributed by atoms with Gasteiger partial charge in [0.05, 0.1) is 5.02 Å². The molecule has 0 bridgehead atoms. The van der Waals surface area contributed by atoms with Crippen LogP contribution in [0.2, 0.25) is 15.1 Å². The van der Waals surface area contributed by atoms with Crippen LogP contribution >= 0.6 is 34.8 Å². The van der Waals surface area contributed by atoms with Crippen LogP contribution in [0.4, 0.5) is 0 Å². The largest absolute Gasteiger partial charge is 0.482 e. The van der Waals surface area contributed by atoms with E-state index in [-0.39, 0.29) is 31.0 Å². The van der Waals surface area contributed by atoms with Crippen molar-refractivity contribution in [1.29, 1.82) is 0 Å². The average molecular weight is 498 g/mol. The molecule has 2 amide bonds. The molecule has 0 radical (unpaired) electrons. The van der Waals surface area contributed by atoms with Gasteiger partial charge in [-0.2, -0.15) is 0 Å². The summed E-state index contributed by atoms with van der Waals surface area (Å²) in [6.45, 7) is 1.74. The molecule has 172 valence electrons. The van der Waals surface area contributed by atoms with Crippen LogP contribution in [-0.2, 0) is 16.1 Å². The van der Waals surface area contributed by atoms with Crippen molar-refractivity contribution in [3.63, 3.8) is 0 Å². The number of nitrogens with zero attached hydrogens (tertiary/aromatic N) is 1. The Kier molecular flexibility index (Phi) is 9.09. The number of rotatable bonds is 8. The van der Waals surface area contributed by atoms with E-state index in [2.05, 4.69) is 5.32 Å². The average Bonchev–Trinajstić information content (AvgIpc) is 2.78. The molecule has 5 nitrogen and oxygen atoms in total. The van der Waals surface area contributed by atoms with Crippen LogP contribution in [0.25, 0.3) is 0 Å². The highest BCUT2D eigenvalue weighted by atomic mass is 35.5. The minimum Gasteiger partial charge on any atom is -0.482 e. The van der Waals surface area contributed by atoms with Gasteiger partial charge in [0, 0.05) is 22.6 Å². The summed E-state index contributed by atoms with van der Waals surface area (Å²) in [6, 6.07) is 11.5. The zero-order valence-corrected chi connectivity index (χ0v) is 20.2. The van der Waals surface area contributed by atoms with Crippen molar-refractivity contribution in [1.82, 2.24) is 10.2 Å². The maximum atomic E-state index is 13.1. The molecule has 1 aliphatic rings. The van der Waals surface area contributed by atoms with Gasteiger partial charge in [0.25, 0.3) is 5.91 Å². The molecule has 1 saturated carbocycles. The lowest BCUT2D eigenvalue weighted by Crippen LogP contribution is -2.51. The Balaban J connectivity index is 1.71. The van der Waals surface area contributed by atoms with Crippen molar-refractivity contribution in [3.8, 4) is 5.75 Å². The second kappa shape index (κ2) is 11.8. The van der Waals surface area contributed by atoms with Gasteiger partial charge in [-0.15, -0.1) is 0 Å². The van der Waals surface area contributed by atoms with E-state index in [1.165, 1.54) is 11.3 Å². The van der Waals surface area contributed by atoms with Gasteiger partial charge in [0.15, 0.2) is 6.61 Å². The molecule has 2 aromatic carbocycles. The third-order valence-electron chi connectivity index (χ3n) is 5.63. The summed E-state index contributed by atoms with van der Waals surface area (Å²) < 4.78 is 5.64. The zero-order chi connectivity index (χ0) is 23.1. The van der Waals surface area contributed by atoms with Gasteiger partial charge in [-0.25, -0.2) is 0 Å². The van der Waals surface area contributed by atoms with Crippen LogP contribution < -0.4 is 10.1 Å². The van der Waals surface area contributed by atoms with E-state index in [0.29, 0.717) is 20.8 Å². The number of hydrogen-bond acceptors (Lipinski definition) is 3. The number of nitrogens with one attached hydrogen (secondary N) is 1. The van der Waals surface area contributed by atoms with Crippen molar-refractivity contribution in [3.05, 3.63) is 63.1 Å². The molecule has 2 aromatic rings. The number of hydrogen-bond donors (Lipinski definition) is 1. The molecule has 1 N–H and O–H groups in total. The Hall–Kier alpha value is -1.95. The van der Waals surface area contributed by atoms with Gasteiger partial charge >= 0.3 is 0 Å². The lowest BCUT2D eigenvalue weighted by Gasteiger charge is -2.31. The van der Waals surface area contributed by atoms with E-state index < -0.39 is 6.04 Å². The Morgan fingerprint density at radius 1 is 1.03 bits per heavy atom. The van der Waals surface area contributed by atoms with Crippen LogP contribution in [0.3, 0.4) is 0 Å². The van der Waals surface area contributed by atoms with E-state index in [4.69, 9.17) is 39.5 Å².